The van der Waals surface area contributed by atoms with E-state index >= 15 is 0 Å². The molecule has 48 heavy (non-hydrogen) atoms. The maximum Gasteiger partial charge on any atom is 0.412 e. The number of rotatable bonds is 16. The lowest BCUT2D eigenvalue weighted by molar-refractivity contribution is -0.300. The first kappa shape index (κ1) is 36.1. The van der Waals surface area contributed by atoms with E-state index in [9.17, 15) is 19.5 Å². The van der Waals surface area contributed by atoms with Crippen LogP contribution in [-0.4, -0.2) is 67.6 Å². The number of hydrogen-bond donors (Lipinski definition) is 2. The number of allylic oxidation sites excluding steroid dienone is 2. The Kier molecular flexibility index (Phi) is 13.9. The van der Waals surface area contributed by atoms with E-state index < -0.39 is 67.2 Å². The predicted molar refractivity (Wildman–Crippen MR) is 180 cm³/mol. The normalized spacial score (nSPS) is 21.6. The van der Waals surface area contributed by atoms with E-state index in [0.717, 1.165) is 11.1 Å². The highest BCUT2D eigenvalue weighted by Gasteiger charge is 2.53. The Morgan fingerprint density at radius 2 is 1.23 bits per heavy atom. The molecule has 0 spiro atoms. The summed E-state index contributed by atoms with van der Waals surface area (Å²) >= 11 is 0. The maximum atomic E-state index is 13.9. The van der Waals surface area contributed by atoms with Crippen LogP contribution in [0.4, 0.5) is 10.5 Å². The van der Waals surface area contributed by atoms with Gasteiger partial charge in [-0.1, -0.05) is 91.0 Å². The third-order valence-electron chi connectivity index (χ3n) is 7.99. The number of aliphatic hydroxyl groups is 1. The van der Waals surface area contributed by atoms with Crippen molar-refractivity contribution in [2.45, 2.75) is 56.4 Å². The summed E-state index contributed by atoms with van der Waals surface area (Å²) in [5, 5.41) is 13.0. The number of benzene rings is 3. The summed E-state index contributed by atoms with van der Waals surface area (Å²) in [6, 6.07) is 27.5. The molecule has 1 saturated heterocycles. The van der Waals surface area contributed by atoms with Gasteiger partial charge in [-0.05, 0) is 48.9 Å². The van der Waals surface area contributed by atoms with Gasteiger partial charge in [-0.15, -0.1) is 13.2 Å². The smallest absolute Gasteiger partial charge is 0.412 e. The van der Waals surface area contributed by atoms with Crippen LogP contribution < -0.4 is 5.32 Å². The van der Waals surface area contributed by atoms with Crippen LogP contribution in [0.15, 0.2) is 116 Å². The highest BCUT2D eigenvalue weighted by atomic mass is 16.7. The van der Waals surface area contributed by atoms with Gasteiger partial charge in [-0.2, -0.15) is 0 Å². The van der Waals surface area contributed by atoms with Crippen LogP contribution in [0.25, 0.3) is 0 Å². The fourth-order valence-corrected chi connectivity index (χ4v) is 5.60. The number of amides is 1. The molecule has 2 N–H and O–H groups in total. The van der Waals surface area contributed by atoms with Crippen LogP contribution in [0.1, 0.15) is 24.0 Å². The third-order valence-corrected chi connectivity index (χ3v) is 7.99. The van der Waals surface area contributed by atoms with Gasteiger partial charge in [-0.25, -0.2) is 4.79 Å². The standard InChI is InChI=1S/C38H43NO9/c1-4-15-28(23-26-17-9-6-10-18-26)35(41)46-33-32(48-38(43)39-30-21-13-8-14-22-30)31(25-40)45-37(44-3)34(33)47-36(42)29(16-5-2)24-27-19-11-7-12-20-27/h4-14,17-22,28-29,31-34,37,40H,1-2,15-16,23-25H2,3H3,(H,39,43)/t28-,29-,31+,32-,33-,34+,37-/m0/s1. The summed E-state index contributed by atoms with van der Waals surface area (Å²) in [7, 11) is 1.34. The first-order valence-electron chi connectivity index (χ1n) is 15.9. The van der Waals surface area contributed by atoms with Gasteiger partial charge in [0.05, 0.1) is 18.4 Å². The Morgan fingerprint density at radius 3 is 1.69 bits per heavy atom. The molecular formula is C38H43NO9. The first-order chi connectivity index (χ1) is 23.4. The van der Waals surface area contributed by atoms with Crippen molar-refractivity contribution < 1.29 is 43.2 Å². The molecule has 0 bridgehead atoms. The molecule has 1 aliphatic heterocycles. The Hall–Kier alpha value is -4.77. The number of hydrogen-bond acceptors (Lipinski definition) is 9. The van der Waals surface area contributed by atoms with Crippen LogP contribution in [0.3, 0.4) is 0 Å². The van der Waals surface area contributed by atoms with Crippen LogP contribution in [-0.2, 0) is 46.1 Å². The Balaban J connectivity index is 1.66. The van der Waals surface area contributed by atoms with Crippen molar-refractivity contribution in [3.05, 3.63) is 127 Å². The molecule has 1 fully saturated rings. The van der Waals surface area contributed by atoms with Gasteiger partial charge in [-0.3, -0.25) is 14.9 Å². The van der Waals surface area contributed by atoms with Gasteiger partial charge in [0.1, 0.15) is 6.10 Å². The van der Waals surface area contributed by atoms with E-state index in [1.807, 2.05) is 60.7 Å². The topological polar surface area (TPSA) is 130 Å². The van der Waals surface area contributed by atoms with Crippen LogP contribution in [0.5, 0.6) is 0 Å². The number of carbonyl (C=O) groups is 3. The number of carbonyl (C=O) groups excluding carboxylic acids is 3. The van der Waals surface area contributed by atoms with Crippen molar-refractivity contribution in [2.24, 2.45) is 11.8 Å². The van der Waals surface area contributed by atoms with Crippen molar-refractivity contribution in [3.63, 3.8) is 0 Å². The average Bonchev–Trinajstić information content (AvgIpc) is 3.10. The van der Waals surface area contributed by atoms with Crippen molar-refractivity contribution >= 4 is 23.7 Å². The van der Waals surface area contributed by atoms with E-state index in [2.05, 4.69) is 18.5 Å². The molecule has 3 aromatic carbocycles. The molecule has 0 aromatic heterocycles. The van der Waals surface area contributed by atoms with Crippen molar-refractivity contribution in [1.29, 1.82) is 0 Å². The number of para-hydroxylation sites is 1. The Labute approximate surface area is 281 Å². The van der Waals surface area contributed by atoms with Crippen molar-refractivity contribution in [3.8, 4) is 0 Å². The van der Waals surface area contributed by atoms with E-state index in [1.54, 1.807) is 42.5 Å². The van der Waals surface area contributed by atoms with Gasteiger partial charge in [0.25, 0.3) is 0 Å². The minimum Gasteiger partial charge on any atom is -0.454 e. The number of ether oxygens (including phenoxy) is 5. The zero-order chi connectivity index (χ0) is 34.3. The molecule has 0 radical (unpaired) electrons. The third kappa shape index (κ3) is 10.1. The number of methoxy groups -OCH3 is 1. The van der Waals surface area contributed by atoms with E-state index in [0.29, 0.717) is 24.9 Å². The van der Waals surface area contributed by atoms with E-state index in [4.69, 9.17) is 23.7 Å². The highest BCUT2D eigenvalue weighted by molar-refractivity contribution is 5.84. The monoisotopic (exact) mass is 657 g/mol. The molecule has 0 aliphatic carbocycles. The zero-order valence-electron chi connectivity index (χ0n) is 27.0. The molecule has 3 aromatic rings. The highest BCUT2D eigenvalue weighted by Crippen LogP contribution is 2.32. The van der Waals surface area contributed by atoms with E-state index in [1.165, 1.54) is 7.11 Å². The van der Waals surface area contributed by atoms with Gasteiger partial charge >= 0.3 is 18.0 Å². The fourth-order valence-electron chi connectivity index (χ4n) is 5.60. The minimum absolute atomic E-state index is 0.289. The molecule has 0 saturated carbocycles. The lowest BCUT2D eigenvalue weighted by Gasteiger charge is -2.44. The second-order valence-electron chi connectivity index (χ2n) is 11.4. The van der Waals surface area contributed by atoms with Crippen LogP contribution >= 0.6 is 0 Å². The van der Waals surface area contributed by atoms with Gasteiger partial charge in [0.2, 0.25) is 0 Å². The molecule has 4 rings (SSSR count). The maximum absolute atomic E-state index is 13.9. The molecule has 10 heteroatoms. The quantitative estimate of drug-likeness (QED) is 0.114. The number of esters is 2. The predicted octanol–water partition coefficient (Wildman–Crippen LogP) is 5.66. The molecule has 10 nitrogen and oxygen atoms in total. The zero-order valence-corrected chi connectivity index (χ0v) is 27.0. The SMILES string of the molecule is C=CC[C@@H](Cc1ccccc1)C(=O)O[C@H]1[C@@H](OC(=O)Nc2ccccc2)[C@@H](CO)O[C@H](OC)[C@@H]1OC(=O)[C@@H](CC=C)Cc1ccccc1. The summed E-state index contributed by atoms with van der Waals surface area (Å²) in [6.45, 7) is 6.99. The summed E-state index contributed by atoms with van der Waals surface area (Å²) < 4.78 is 29.5. The van der Waals surface area contributed by atoms with Gasteiger partial charge in [0.15, 0.2) is 24.6 Å². The minimum atomic E-state index is -1.41. The second kappa shape index (κ2) is 18.5. The number of aliphatic hydroxyl groups excluding tert-OH is 1. The fraction of sp³-hybridized carbons (Fsp3) is 0.342. The Bertz CT molecular complexity index is 1470. The summed E-state index contributed by atoms with van der Waals surface area (Å²) in [5.41, 5.74) is 2.27. The molecule has 7 atom stereocenters. The molecule has 1 aliphatic rings. The largest absolute Gasteiger partial charge is 0.454 e. The first-order valence-corrected chi connectivity index (χ1v) is 15.9. The molecule has 1 heterocycles. The molecule has 0 unspecified atom stereocenters. The Morgan fingerprint density at radius 1 is 0.750 bits per heavy atom. The number of nitrogens with one attached hydrogen (secondary N) is 1. The van der Waals surface area contributed by atoms with Crippen molar-refractivity contribution in [1.82, 2.24) is 0 Å². The molecular weight excluding hydrogens is 614 g/mol. The molecule has 1 amide bonds. The lowest BCUT2D eigenvalue weighted by atomic mass is 9.94. The van der Waals surface area contributed by atoms with Crippen molar-refractivity contribution in [2.75, 3.05) is 19.0 Å². The lowest BCUT2D eigenvalue weighted by Crippen LogP contribution is -2.63. The van der Waals surface area contributed by atoms with Crippen LogP contribution in [0.2, 0.25) is 0 Å². The summed E-state index contributed by atoms with van der Waals surface area (Å²) in [5.74, 6) is -2.55. The van der Waals surface area contributed by atoms with Gasteiger partial charge in [0, 0.05) is 12.8 Å². The van der Waals surface area contributed by atoms with Crippen LogP contribution in [0, 0.1) is 11.8 Å². The summed E-state index contributed by atoms with van der Waals surface area (Å²) in [4.78, 5) is 40.8. The van der Waals surface area contributed by atoms with Gasteiger partial charge < -0.3 is 28.8 Å². The molecule has 254 valence electrons. The number of anilines is 1. The van der Waals surface area contributed by atoms with E-state index in [-0.39, 0.29) is 6.42 Å². The summed E-state index contributed by atoms with van der Waals surface area (Å²) in [6.07, 6.45) is -2.98. The average molecular weight is 658 g/mol. The second-order valence-corrected chi connectivity index (χ2v) is 11.4.